The number of para-hydroxylation sites is 1. The zero-order valence-electron chi connectivity index (χ0n) is 21.4. The van der Waals surface area contributed by atoms with Crippen molar-refractivity contribution in [2.75, 3.05) is 17.3 Å². The summed E-state index contributed by atoms with van der Waals surface area (Å²) >= 11 is 7.45. The summed E-state index contributed by atoms with van der Waals surface area (Å²) in [6.45, 7) is 0.352. The summed E-state index contributed by atoms with van der Waals surface area (Å²) in [5.41, 5.74) is 3.64. The van der Waals surface area contributed by atoms with Crippen molar-refractivity contribution in [2.45, 2.75) is 24.2 Å². The third kappa shape index (κ3) is 5.52. The maximum absolute atomic E-state index is 13.7. The van der Waals surface area contributed by atoms with E-state index in [4.69, 9.17) is 11.6 Å². The van der Waals surface area contributed by atoms with E-state index in [1.54, 1.807) is 17.0 Å². The molecule has 3 aromatic carbocycles. The number of carbonyl (C=O) groups excluding carboxylic acids is 1. The lowest BCUT2D eigenvalue weighted by atomic mass is 10.1. The van der Waals surface area contributed by atoms with Crippen LogP contribution < -0.4 is 0 Å². The second-order valence-electron chi connectivity index (χ2n) is 9.72. The highest BCUT2D eigenvalue weighted by molar-refractivity contribution is 7.99. The summed E-state index contributed by atoms with van der Waals surface area (Å²) in [4.78, 5) is 18.6. The van der Waals surface area contributed by atoms with Crippen molar-refractivity contribution >= 4 is 50.0 Å². The van der Waals surface area contributed by atoms with Crippen LogP contribution in [0.2, 0.25) is 5.02 Å². The van der Waals surface area contributed by atoms with Gasteiger partial charge in [-0.25, -0.2) is 8.42 Å². The van der Waals surface area contributed by atoms with Gasteiger partial charge in [0, 0.05) is 46.0 Å². The van der Waals surface area contributed by atoms with Gasteiger partial charge in [-0.1, -0.05) is 71.9 Å². The first-order chi connectivity index (χ1) is 19.4. The molecule has 2 aromatic heterocycles. The molecule has 40 heavy (non-hydrogen) atoms. The number of nitrogens with one attached hydrogen (secondary N) is 1. The number of hydrogen-bond acceptors (Lipinski definition) is 6. The van der Waals surface area contributed by atoms with E-state index in [0.717, 1.165) is 27.7 Å². The highest BCUT2D eigenvalue weighted by Crippen LogP contribution is 2.33. The first-order valence-corrected chi connectivity index (χ1v) is 16.0. The monoisotopic (exact) mass is 591 g/mol. The van der Waals surface area contributed by atoms with Crippen LogP contribution in [0.4, 0.5) is 0 Å². The van der Waals surface area contributed by atoms with Crippen LogP contribution in [-0.4, -0.2) is 62.3 Å². The van der Waals surface area contributed by atoms with Crippen molar-refractivity contribution in [2.24, 2.45) is 0 Å². The number of H-pyrrole nitrogens is 1. The molecule has 5 aromatic rings. The fourth-order valence-electron chi connectivity index (χ4n) is 5.05. The average molecular weight is 592 g/mol. The lowest BCUT2D eigenvalue weighted by Gasteiger charge is -2.28. The summed E-state index contributed by atoms with van der Waals surface area (Å²) in [6, 6.07) is 24.6. The molecule has 1 saturated heterocycles. The number of amides is 1. The SMILES string of the molecule is O=C(CSc1nnc(-c2c[nH]c3ccccc23)n1-c1ccc(Cl)cc1)N(Cc1ccccc1)[C@H]1CCS(=O)(=O)C1. The van der Waals surface area contributed by atoms with Crippen LogP contribution in [0.5, 0.6) is 0 Å². The molecule has 0 unspecified atom stereocenters. The molecule has 0 aliphatic carbocycles. The van der Waals surface area contributed by atoms with E-state index in [9.17, 15) is 13.2 Å². The maximum atomic E-state index is 13.7. The minimum atomic E-state index is -3.16. The Balaban J connectivity index is 1.32. The van der Waals surface area contributed by atoms with Gasteiger partial charge >= 0.3 is 0 Å². The van der Waals surface area contributed by atoms with Crippen LogP contribution in [0.15, 0.2) is 90.2 Å². The second kappa shape index (κ2) is 11.1. The van der Waals surface area contributed by atoms with Gasteiger partial charge in [0.05, 0.1) is 17.3 Å². The van der Waals surface area contributed by atoms with Gasteiger partial charge in [0.15, 0.2) is 20.8 Å². The largest absolute Gasteiger partial charge is 0.360 e. The third-order valence-corrected chi connectivity index (χ3v) is 9.95. The number of sulfone groups is 1. The van der Waals surface area contributed by atoms with Gasteiger partial charge in [-0.2, -0.15) is 0 Å². The van der Waals surface area contributed by atoms with Gasteiger partial charge in [0.1, 0.15) is 0 Å². The van der Waals surface area contributed by atoms with Crippen molar-refractivity contribution < 1.29 is 13.2 Å². The molecule has 11 heteroatoms. The van der Waals surface area contributed by atoms with Crippen molar-refractivity contribution in [3.63, 3.8) is 0 Å². The molecule has 1 amide bonds. The number of aromatic nitrogens is 4. The number of aromatic amines is 1. The van der Waals surface area contributed by atoms with Gasteiger partial charge in [-0.15, -0.1) is 10.2 Å². The number of rotatable bonds is 8. The molecule has 1 aliphatic rings. The fraction of sp³-hybridized carbons (Fsp3) is 0.207. The molecule has 6 rings (SSSR count). The Morgan fingerprint density at radius 1 is 1.02 bits per heavy atom. The van der Waals surface area contributed by atoms with Crippen molar-refractivity contribution in [3.05, 3.63) is 95.6 Å². The van der Waals surface area contributed by atoms with Crippen molar-refractivity contribution in [1.82, 2.24) is 24.6 Å². The van der Waals surface area contributed by atoms with E-state index in [1.165, 1.54) is 11.8 Å². The minimum absolute atomic E-state index is 0.0120. The average Bonchev–Trinajstić information content (AvgIpc) is 3.67. The summed E-state index contributed by atoms with van der Waals surface area (Å²) in [7, 11) is -3.16. The molecule has 8 nitrogen and oxygen atoms in total. The molecule has 0 radical (unpaired) electrons. The number of thioether (sulfide) groups is 1. The molecule has 1 N–H and O–H groups in total. The number of nitrogens with zero attached hydrogens (tertiary/aromatic N) is 4. The Morgan fingerprint density at radius 2 is 1.77 bits per heavy atom. The number of benzene rings is 3. The molecule has 3 heterocycles. The third-order valence-electron chi connectivity index (χ3n) is 7.04. The van der Waals surface area contributed by atoms with Crippen LogP contribution in [-0.2, 0) is 21.2 Å². The molecule has 0 bridgehead atoms. The van der Waals surface area contributed by atoms with Crippen LogP contribution in [0.3, 0.4) is 0 Å². The minimum Gasteiger partial charge on any atom is -0.360 e. The van der Waals surface area contributed by atoms with Crippen LogP contribution in [0.25, 0.3) is 28.0 Å². The lowest BCUT2D eigenvalue weighted by Crippen LogP contribution is -2.41. The Hall–Kier alpha value is -3.60. The molecule has 1 atom stereocenters. The van der Waals surface area contributed by atoms with Gasteiger partial charge < -0.3 is 9.88 Å². The van der Waals surface area contributed by atoms with E-state index in [0.29, 0.717) is 29.0 Å². The predicted molar refractivity (Wildman–Crippen MR) is 158 cm³/mol. The van der Waals surface area contributed by atoms with Crippen molar-refractivity contribution in [3.8, 4) is 17.1 Å². The van der Waals surface area contributed by atoms with Crippen LogP contribution in [0, 0.1) is 0 Å². The normalized spacial score (nSPS) is 16.4. The molecule has 1 aliphatic heterocycles. The quantitative estimate of drug-likeness (QED) is 0.243. The summed E-state index contributed by atoms with van der Waals surface area (Å²) in [6.07, 6.45) is 2.35. The zero-order valence-corrected chi connectivity index (χ0v) is 23.8. The van der Waals surface area contributed by atoms with E-state index in [2.05, 4.69) is 15.2 Å². The smallest absolute Gasteiger partial charge is 0.233 e. The summed E-state index contributed by atoms with van der Waals surface area (Å²) < 4.78 is 26.4. The Bertz CT molecular complexity index is 1770. The Labute approximate surface area is 241 Å². The Kier molecular flexibility index (Phi) is 7.39. The first kappa shape index (κ1) is 26.6. The van der Waals surface area contributed by atoms with Crippen LogP contribution in [0.1, 0.15) is 12.0 Å². The number of halogens is 1. The number of fused-ring (bicyclic) bond motifs is 1. The molecule has 0 saturated carbocycles. The molecule has 204 valence electrons. The van der Waals surface area contributed by atoms with E-state index >= 15 is 0 Å². The number of hydrogen-bond donors (Lipinski definition) is 1. The molecular formula is C29H26ClN5O3S2. The highest BCUT2D eigenvalue weighted by Gasteiger charge is 2.35. The van der Waals surface area contributed by atoms with Gasteiger partial charge in [0.25, 0.3) is 0 Å². The summed E-state index contributed by atoms with van der Waals surface area (Å²) in [5.74, 6) is 0.667. The highest BCUT2D eigenvalue weighted by atomic mass is 35.5. The number of carbonyl (C=O) groups is 1. The van der Waals surface area contributed by atoms with Gasteiger partial charge in [-0.05, 0) is 42.3 Å². The molecule has 0 spiro atoms. The van der Waals surface area contributed by atoms with Crippen LogP contribution >= 0.6 is 23.4 Å². The summed E-state index contributed by atoms with van der Waals surface area (Å²) in [5, 5.41) is 11.2. The topological polar surface area (TPSA) is 101 Å². The van der Waals surface area contributed by atoms with Gasteiger partial charge in [0.2, 0.25) is 5.91 Å². The maximum Gasteiger partial charge on any atom is 0.233 e. The first-order valence-electron chi connectivity index (χ1n) is 12.8. The molecule has 1 fully saturated rings. The Morgan fingerprint density at radius 3 is 2.52 bits per heavy atom. The van der Waals surface area contributed by atoms with E-state index < -0.39 is 9.84 Å². The standard InChI is InChI=1S/C29H26ClN5O3S2/c30-21-10-12-22(13-11-21)35-28(25-16-31-26-9-5-4-8-24(25)26)32-33-29(35)39-18-27(36)34(17-20-6-2-1-3-7-20)23-14-15-40(37,38)19-23/h1-13,16,23,31H,14-15,17-19H2/t23-/m0/s1. The van der Waals surface area contributed by atoms with Crippen molar-refractivity contribution in [1.29, 1.82) is 0 Å². The fourth-order valence-corrected chi connectivity index (χ4v) is 7.74. The lowest BCUT2D eigenvalue weighted by molar-refractivity contribution is -0.130. The molecular weight excluding hydrogens is 566 g/mol. The predicted octanol–water partition coefficient (Wildman–Crippen LogP) is 5.38. The van der Waals surface area contributed by atoms with E-state index in [-0.39, 0.29) is 29.2 Å². The zero-order chi connectivity index (χ0) is 27.7. The second-order valence-corrected chi connectivity index (χ2v) is 13.3. The van der Waals surface area contributed by atoms with Gasteiger partial charge in [-0.3, -0.25) is 9.36 Å². The van der Waals surface area contributed by atoms with E-state index in [1.807, 2.05) is 77.5 Å².